The quantitative estimate of drug-likeness (QED) is 0.580. The smallest absolute Gasteiger partial charge is 0.416 e. The fraction of sp³-hybridized carbons (Fsp3) is 0.0667. The molecule has 0 bridgehead atoms. The van der Waals surface area contributed by atoms with Crippen LogP contribution in [0.1, 0.15) is 11.1 Å². The Labute approximate surface area is 123 Å². The minimum atomic E-state index is -4.38. The average molecular weight is 305 g/mol. The molecule has 0 spiro atoms. The zero-order valence-corrected chi connectivity index (χ0v) is 11.1. The van der Waals surface area contributed by atoms with Gasteiger partial charge < -0.3 is 4.42 Å². The Hall–Kier alpha value is -2.83. The third kappa shape index (κ3) is 3.08. The molecule has 0 saturated heterocycles. The summed E-state index contributed by atoms with van der Waals surface area (Å²) < 4.78 is 43.1. The first-order valence-electron chi connectivity index (χ1n) is 6.34. The Morgan fingerprint density at radius 3 is 2.68 bits per heavy atom. The van der Waals surface area contributed by atoms with E-state index in [1.165, 1.54) is 18.3 Å². The van der Waals surface area contributed by atoms with Crippen LogP contribution in [0.3, 0.4) is 0 Å². The summed E-state index contributed by atoms with van der Waals surface area (Å²) in [4.78, 5) is 4.13. The van der Waals surface area contributed by atoms with Gasteiger partial charge in [-0.1, -0.05) is 24.3 Å². The van der Waals surface area contributed by atoms with Crippen LogP contribution in [0.25, 0.3) is 11.1 Å². The maximum absolute atomic E-state index is 12.6. The monoisotopic (exact) mass is 305 g/mol. The summed E-state index contributed by atoms with van der Waals surface area (Å²) in [6.45, 7) is 0. The first-order valence-corrected chi connectivity index (χ1v) is 6.34. The Morgan fingerprint density at radius 2 is 1.91 bits per heavy atom. The highest BCUT2D eigenvalue weighted by Gasteiger charge is 2.30. The number of alkyl halides is 3. The van der Waals surface area contributed by atoms with Gasteiger partial charge in [0, 0.05) is 0 Å². The maximum atomic E-state index is 12.6. The molecule has 3 rings (SSSR count). The molecule has 0 aliphatic rings. The molecule has 0 aliphatic carbocycles. The number of para-hydroxylation sites is 2. The number of rotatable bonds is 3. The van der Waals surface area contributed by atoms with Crippen molar-refractivity contribution in [2.75, 3.05) is 5.43 Å². The van der Waals surface area contributed by atoms with E-state index >= 15 is 0 Å². The van der Waals surface area contributed by atoms with Crippen molar-refractivity contribution in [2.24, 2.45) is 5.10 Å². The van der Waals surface area contributed by atoms with Gasteiger partial charge in [-0.15, -0.1) is 0 Å². The third-order valence-corrected chi connectivity index (χ3v) is 2.88. The van der Waals surface area contributed by atoms with E-state index < -0.39 is 11.7 Å². The molecule has 22 heavy (non-hydrogen) atoms. The Morgan fingerprint density at radius 1 is 1.09 bits per heavy atom. The molecule has 0 saturated carbocycles. The highest BCUT2D eigenvalue weighted by Crippen LogP contribution is 2.29. The maximum Gasteiger partial charge on any atom is 0.416 e. The Kier molecular flexibility index (Phi) is 3.54. The zero-order valence-electron chi connectivity index (χ0n) is 11.1. The van der Waals surface area contributed by atoms with Crippen LogP contribution in [0, 0.1) is 0 Å². The summed E-state index contributed by atoms with van der Waals surface area (Å²) >= 11 is 0. The summed E-state index contributed by atoms with van der Waals surface area (Å²) in [5.41, 5.74) is 3.41. The number of hydrogen-bond donors (Lipinski definition) is 1. The summed E-state index contributed by atoms with van der Waals surface area (Å²) in [5.74, 6) is 0. The van der Waals surface area contributed by atoms with Crippen LogP contribution in [0.15, 0.2) is 58.0 Å². The van der Waals surface area contributed by atoms with Crippen LogP contribution in [0.4, 0.5) is 19.2 Å². The van der Waals surface area contributed by atoms with Crippen molar-refractivity contribution in [3.05, 3.63) is 59.7 Å². The molecular weight excluding hydrogens is 295 g/mol. The van der Waals surface area contributed by atoms with Crippen molar-refractivity contribution in [1.82, 2.24) is 4.98 Å². The van der Waals surface area contributed by atoms with Gasteiger partial charge >= 0.3 is 12.2 Å². The second-order valence-corrected chi connectivity index (χ2v) is 4.48. The molecule has 3 aromatic rings. The van der Waals surface area contributed by atoms with Crippen molar-refractivity contribution in [3.8, 4) is 0 Å². The van der Waals surface area contributed by atoms with Crippen molar-refractivity contribution in [1.29, 1.82) is 0 Å². The number of nitrogens with zero attached hydrogens (tertiary/aromatic N) is 2. The largest absolute Gasteiger partial charge is 0.422 e. The van der Waals surface area contributed by atoms with Crippen LogP contribution < -0.4 is 5.43 Å². The van der Waals surface area contributed by atoms with Crippen LogP contribution >= 0.6 is 0 Å². The predicted octanol–water partition coefficient (Wildman–Crippen LogP) is 4.29. The van der Waals surface area contributed by atoms with Crippen molar-refractivity contribution < 1.29 is 17.6 Å². The molecule has 0 fully saturated rings. The van der Waals surface area contributed by atoms with E-state index in [2.05, 4.69) is 15.5 Å². The van der Waals surface area contributed by atoms with Gasteiger partial charge in [0.25, 0.3) is 0 Å². The van der Waals surface area contributed by atoms with E-state index in [1.54, 1.807) is 12.1 Å². The van der Waals surface area contributed by atoms with Gasteiger partial charge in [-0.2, -0.15) is 23.3 Å². The third-order valence-electron chi connectivity index (χ3n) is 2.88. The summed E-state index contributed by atoms with van der Waals surface area (Å²) in [5, 5.41) is 3.83. The Balaban J connectivity index is 1.74. The summed E-state index contributed by atoms with van der Waals surface area (Å²) in [7, 11) is 0. The summed E-state index contributed by atoms with van der Waals surface area (Å²) in [6, 6.07) is 12.2. The first kappa shape index (κ1) is 14.1. The Bertz CT molecular complexity index is 791. The lowest BCUT2D eigenvalue weighted by molar-refractivity contribution is -0.137. The SMILES string of the molecule is FC(F)(F)c1cccc(C=NNc2nc3ccccc3o2)c1. The van der Waals surface area contributed by atoms with E-state index in [0.29, 0.717) is 16.7 Å². The number of hydrogen-bond acceptors (Lipinski definition) is 4. The molecular formula is C15H10F3N3O. The van der Waals surface area contributed by atoms with Gasteiger partial charge in [-0.3, -0.25) is 0 Å². The number of oxazole rings is 1. The van der Waals surface area contributed by atoms with E-state index in [1.807, 2.05) is 12.1 Å². The van der Waals surface area contributed by atoms with E-state index in [-0.39, 0.29) is 6.01 Å². The van der Waals surface area contributed by atoms with Crippen LogP contribution in [-0.4, -0.2) is 11.2 Å². The van der Waals surface area contributed by atoms with E-state index in [9.17, 15) is 13.2 Å². The minimum Gasteiger partial charge on any atom is -0.422 e. The van der Waals surface area contributed by atoms with Crippen molar-refractivity contribution >= 4 is 23.3 Å². The molecule has 4 nitrogen and oxygen atoms in total. The van der Waals surface area contributed by atoms with Gasteiger partial charge in [0.15, 0.2) is 5.58 Å². The standard InChI is InChI=1S/C15H10F3N3O/c16-15(17,18)11-5-3-4-10(8-11)9-19-21-14-20-12-6-1-2-7-13(12)22-14/h1-9H,(H,20,21). The molecule has 0 atom stereocenters. The van der Waals surface area contributed by atoms with Crippen LogP contribution in [0.2, 0.25) is 0 Å². The van der Waals surface area contributed by atoms with Crippen LogP contribution in [0.5, 0.6) is 0 Å². The first-order chi connectivity index (χ1) is 10.5. The average Bonchev–Trinajstić information content (AvgIpc) is 2.89. The minimum absolute atomic E-state index is 0.171. The lowest BCUT2D eigenvalue weighted by atomic mass is 10.1. The highest BCUT2D eigenvalue weighted by atomic mass is 19.4. The molecule has 1 heterocycles. The van der Waals surface area contributed by atoms with Gasteiger partial charge in [0.2, 0.25) is 0 Å². The molecule has 0 amide bonds. The van der Waals surface area contributed by atoms with Gasteiger partial charge in [0.05, 0.1) is 11.8 Å². The second-order valence-electron chi connectivity index (χ2n) is 4.48. The van der Waals surface area contributed by atoms with Crippen molar-refractivity contribution in [2.45, 2.75) is 6.18 Å². The number of halogens is 3. The molecule has 0 unspecified atom stereocenters. The number of anilines is 1. The molecule has 0 aliphatic heterocycles. The number of benzene rings is 2. The fourth-order valence-electron chi connectivity index (χ4n) is 1.88. The second kappa shape index (κ2) is 5.51. The molecule has 7 heteroatoms. The molecule has 112 valence electrons. The highest BCUT2D eigenvalue weighted by molar-refractivity contribution is 5.80. The number of aromatic nitrogens is 1. The molecule has 1 N–H and O–H groups in total. The van der Waals surface area contributed by atoms with Gasteiger partial charge in [-0.05, 0) is 29.8 Å². The number of hydrazone groups is 1. The zero-order chi connectivity index (χ0) is 15.6. The van der Waals surface area contributed by atoms with Gasteiger partial charge in [-0.25, -0.2) is 5.43 Å². The number of fused-ring (bicyclic) bond motifs is 1. The fourth-order valence-corrected chi connectivity index (χ4v) is 1.88. The lowest BCUT2D eigenvalue weighted by Crippen LogP contribution is -2.05. The molecule has 2 aromatic carbocycles. The van der Waals surface area contributed by atoms with Crippen LogP contribution in [-0.2, 0) is 6.18 Å². The topological polar surface area (TPSA) is 50.4 Å². The summed E-state index contributed by atoms with van der Waals surface area (Å²) in [6.07, 6.45) is -3.11. The predicted molar refractivity (Wildman–Crippen MR) is 76.7 cm³/mol. The molecule has 0 radical (unpaired) electrons. The van der Waals surface area contributed by atoms with E-state index in [4.69, 9.17) is 4.42 Å². The molecule has 1 aromatic heterocycles. The number of nitrogens with one attached hydrogen (secondary N) is 1. The van der Waals surface area contributed by atoms with Crippen molar-refractivity contribution in [3.63, 3.8) is 0 Å². The van der Waals surface area contributed by atoms with Gasteiger partial charge in [0.1, 0.15) is 5.52 Å². The normalized spacial score (nSPS) is 12.1. The van der Waals surface area contributed by atoms with E-state index in [0.717, 1.165) is 12.1 Å². The lowest BCUT2D eigenvalue weighted by Gasteiger charge is -2.06.